The SMILES string of the molecule is COc1cccc(NC(C)c2sc(C)nc2C)c1. The van der Waals surface area contributed by atoms with Crippen LogP contribution in [-0.4, -0.2) is 12.1 Å². The first-order valence-corrected chi connectivity index (χ1v) is 6.76. The van der Waals surface area contributed by atoms with E-state index in [1.54, 1.807) is 18.4 Å². The number of methoxy groups -OCH3 is 1. The molecule has 0 saturated carbocycles. The minimum absolute atomic E-state index is 0.253. The number of hydrogen-bond acceptors (Lipinski definition) is 4. The molecule has 0 saturated heterocycles. The third-order valence-corrected chi connectivity index (χ3v) is 4.04. The van der Waals surface area contributed by atoms with Crippen LogP contribution in [0, 0.1) is 13.8 Å². The molecule has 96 valence electrons. The van der Waals surface area contributed by atoms with Crippen LogP contribution in [0.1, 0.15) is 28.5 Å². The molecule has 2 rings (SSSR count). The van der Waals surface area contributed by atoms with Gasteiger partial charge in [-0.15, -0.1) is 11.3 Å². The van der Waals surface area contributed by atoms with Crippen LogP contribution >= 0.6 is 11.3 Å². The van der Waals surface area contributed by atoms with Crippen molar-refractivity contribution < 1.29 is 4.74 Å². The van der Waals surface area contributed by atoms with Crippen molar-refractivity contribution in [3.8, 4) is 5.75 Å². The lowest BCUT2D eigenvalue weighted by atomic mass is 10.2. The number of ether oxygens (including phenoxy) is 1. The zero-order valence-electron chi connectivity index (χ0n) is 11.2. The van der Waals surface area contributed by atoms with E-state index in [0.29, 0.717) is 0 Å². The van der Waals surface area contributed by atoms with E-state index in [1.165, 1.54) is 4.88 Å². The first-order chi connectivity index (χ1) is 8.60. The van der Waals surface area contributed by atoms with Crippen molar-refractivity contribution in [1.82, 2.24) is 4.98 Å². The van der Waals surface area contributed by atoms with Crippen molar-refractivity contribution in [3.63, 3.8) is 0 Å². The van der Waals surface area contributed by atoms with E-state index in [4.69, 9.17) is 4.74 Å². The summed E-state index contributed by atoms with van der Waals surface area (Å²) in [5.74, 6) is 0.865. The van der Waals surface area contributed by atoms with Gasteiger partial charge in [0.05, 0.1) is 23.9 Å². The van der Waals surface area contributed by atoms with Gasteiger partial charge in [0, 0.05) is 16.6 Å². The van der Waals surface area contributed by atoms with Crippen LogP contribution in [0.5, 0.6) is 5.75 Å². The monoisotopic (exact) mass is 262 g/mol. The van der Waals surface area contributed by atoms with E-state index < -0.39 is 0 Å². The smallest absolute Gasteiger partial charge is 0.120 e. The summed E-state index contributed by atoms with van der Waals surface area (Å²) in [6.45, 7) is 6.25. The van der Waals surface area contributed by atoms with Gasteiger partial charge in [-0.3, -0.25) is 0 Å². The molecule has 4 heteroatoms. The topological polar surface area (TPSA) is 34.1 Å². The maximum absolute atomic E-state index is 5.22. The minimum Gasteiger partial charge on any atom is -0.497 e. The Balaban J connectivity index is 2.15. The first-order valence-electron chi connectivity index (χ1n) is 5.94. The maximum Gasteiger partial charge on any atom is 0.120 e. The Kier molecular flexibility index (Phi) is 3.87. The quantitative estimate of drug-likeness (QED) is 0.906. The lowest BCUT2D eigenvalue weighted by molar-refractivity contribution is 0.415. The third-order valence-electron chi connectivity index (χ3n) is 2.79. The van der Waals surface area contributed by atoms with E-state index in [1.807, 2.05) is 31.2 Å². The summed E-state index contributed by atoms with van der Waals surface area (Å²) in [6, 6.07) is 8.22. The Bertz CT molecular complexity index is 536. The van der Waals surface area contributed by atoms with E-state index in [9.17, 15) is 0 Å². The molecule has 18 heavy (non-hydrogen) atoms. The van der Waals surface area contributed by atoms with Crippen LogP contribution < -0.4 is 10.1 Å². The minimum atomic E-state index is 0.253. The zero-order valence-corrected chi connectivity index (χ0v) is 12.0. The Morgan fingerprint density at radius 1 is 1.33 bits per heavy atom. The van der Waals surface area contributed by atoms with E-state index >= 15 is 0 Å². The van der Waals surface area contributed by atoms with Crippen LogP contribution in [0.15, 0.2) is 24.3 Å². The summed E-state index contributed by atoms with van der Waals surface area (Å²) in [5, 5.41) is 4.59. The zero-order chi connectivity index (χ0) is 13.1. The van der Waals surface area contributed by atoms with Crippen molar-refractivity contribution in [2.24, 2.45) is 0 Å². The average Bonchev–Trinajstić information content (AvgIpc) is 2.69. The summed E-state index contributed by atoms with van der Waals surface area (Å²) < 4.78 is 5.22. The van der Waals surface area contributed by atoms with Gasteiger partial charge < -0.3 is 10.1 Å². The van der Waals surface area contributed by atoms with Gasteiger partial charge in [0.2, 0.25) is 0 Å². The second-order valence-electron chi connectivity index (χ2n) is 4.28. The lowest BCUT2D eigenvalue weighted by Gasteiger charge is -2.15. The van der Waals surface area contributed by atoms with Gasteiger partial charge >= 0.3 is 0 Å². The van der Waals surface area contributed by atoms with Crippen LogP contribution in [0.3, 0.4) is 0 Å². The molecule has 0 fully saturated rings. The van der Waals surface area contributed by atoms with E-state index in [2.05, 4.69) is 24.1 Å². The molecule has 0 aliphatic carbocycles. The molecule has 0 amide bonds. The molecule has 3 nitrogen and oxygen atoms in total. The number of aromatic nitrogens is 1. The Morgan fingerprint density at radius 3 is 2.72 bits per heavy atom. The molecule has 1 heterocycles. The fraction of sp³-hybridized carbons (Fsp3) is 0.357. The molecule has 1 aromatic heterocycles. The molecule has 2 aromatic rings. The highest BCUT2D eigenvalue weighted by atomic mass is 32.1. The van der Waals surface area contributed by atoms with Gasteiger partial charge in [-0.2, -0.15) is 0 Å². The maximum atomic E-state index is 5.22. The number of hydrogen-bond donors (Lipinski definition) is 1. The summed E-state index contributed by atoms with van der Waals surface area (Å²) >= 11 is 1.75. The Hall–Kier alpha value is -1.55. The molecule has 0 bridgehead atoms. The number of nitrogens with zero attached hydrogens (tertiary/aromatic N) is 1. The van der Waals surface area contributed by atoms with Gasteiger partial charge in [0.1, 0.15) is 5.75 Å². The molecule has 1 unspecified atom stereocenters. The molecule has 0 aliphatic rings. The second kappa shape index (κ2) is 5.40. The molecule has 0 aliphatic heterocycles. The van der Waals surface area contributed by atoms with Crippen molar-refractivity contribution in [1.29, 1.82) is 0 Å². The molecule has 1 atom stereocenters. The average molecular weight is 262 g/mol. The highest BCUT2D eigenvalue weighted by Crippen LogP contribution is 2.28. The Labute approximate surface area is 112 Å². The van der Waals surface area contributed by atoms with E-state index in [0.717, 1.165) is 22.1 Å². The number of aryl methyl sites for hydroxylation is 2. The van der Waals surface area contributed by atoms with Gasteiger partial charge in [-0.05, 0) is 32.9 Å². The van der Waals surface area contributed by atoms with Crippen molar-refractivity contribution >= 4 is 17.0 Å². The highest BCUT2D eigenvalue weighted by Gasteiger charge is 2.12. The first kappa shape index (κ1) is 12.9. The summed E-state index contributed by atoms with van der Waals surface area (Å²) in [7, 11) is 1.68. The van der Waals surface area contributed by atoms with Gasteiger partial charge in [-0.1, -0.05) is 6.07 Å². The highest BCUT2D eigenvalue weighted by molar-refractivity contribution is 7.11. The molecule has 0 spiro atoms. The van der Waals surface area contributed by atoms with Crippen molar-refractivity contribution in [2.45, 2.75) is 26.8 Å². The molecule has 1 aromatic carbocycles. The molecule has 1 N–H and O–H groups in total. The van der Waals surface area contributed by atoms with Crippen LogP contribution in [0.4, 0.5) is 5.69 Å². The molecular formula is C14H18N2OS. The standard InChI is InChI=1S/C14H18N2OS/c1-9-14(18-11(3)15-9)10(2)16-12-6-5-7-13(8-12)17-4/h5-8,10,16H,1-4H3. The van der Waals surface area contributed by atoms with Crippen LogP contribution in [-0.2, 0) is 0 Å². The predicted octanol–water partition coefficient (Wildman–Crippen LogP) is 3.94. The third kappa shape index (κ3) is 2.82. The normalized spacial score (nSPS) is 12.2. The van der Waals surface area contributed by atoms with Crippen LogP contribution in [0.2, 0.25) is 0 Å². The second-order valence-corrected chi connectivity index (χ2v) is 5.52. The van der Waals surface area contributed by atoms with Crippen LogP contribution in [0.25, 0.3) is 0 Å². The largest absolute Gasteiger partial charge is 0.497 e. The van der Waals surface area contributed by atoms with Gasteiger partial charge in [0.15, 0.2) is 0 Å². The number of rotatable bonds is 4. The number of benzene rings is 1. The van der Waals surface area contributed by atoms with Gasteiger partial charge in [-0.25, -0.2) is 4.98 Å². The van der Waals surface area contributed by atoms with E-state index in [-0.39, 0.29) is 6.04 Å². The Morgan fingerprint density at radius 2 is 2.11 bits per heavy atom. The predicted molar refractivity (Wildman–Crippen MR) is 76.6 cm³/mol. The van der Waals surface area contributed by atoms with Gasteiger partial charge in [0.25, 0.3) is 0 Å². The summed E-state index contributed by atoms with van der Waals surface area (Å²) in [5.41, 5.74) is 2.17. The lowest BCUT2D eigenvalue weighted by Crippen LogP contribution is -2.06. The summed E-state index contributed by atoms with van der Waals surface area (Å²) in [4.78, 5) is 5.75. The number of nitrogens with one attached hydrogen (secondary N) is 1. The molecule has 0 radical (unpaired) electrons. The fourth-order valence-electron chi connectivity index (χ4n) is 1.98. The van der Waals surface area contributed by atoms with Crippen molar-refractivity contribution in [3.05, 3.63) is 39.8 Å². The fourth-order valence-corrected chi connectivity index (χ4v) is 2.91. The molecular weight excluding hydrogens is 244 g/mol. The number of anilines is 1. The summed E-state index contributed by atoms with van der Waals surface area (Å²) in [6.07, 6.45) is 0. The number of thiazole rings is 1. The van der Waals surface area contributed by atoms with Crippen molar-refractivity contribution in [2.75, 3.05) is 12.4 Å².